The molecule has 4 rings (SSSR count). The van der Waals surface area contributed by atoms with Crippen LogP contribution in [0.2, 0.25) is 0 Å². The van der Waals surface area contributed by atoms with E-state index in [0.29, 0.717) is 18.1 Å². The van der Waals surface area contributed by atoms with Crippen LogP contribution in [0.4, 0.5) is 0 Å². The first-order chi connectivity index (χ1) is 14.7. The van der Waals surface area contributed by atoms with E-state index in [1.807, 2.05) is 41.8 Å². The number of thioether (sulfide) groups is 1. The van der Waals surface area contributed by atoms with E-state index in [2.05, 4.69) is 22.5 Å². The van der Waals surface area contributed by atoms with Crippen molar-refractivity contribution in [2.75, 3.05) is 13.7 Å². The van der Waals surface area contributed by atoms with E-state index in [1.165, 1.54) is 0 Å². The molecule has 0 aliphatic heterocycles. The lowest BCUT2D eigenvalue weighted by Crippen LogP contribution is -1.99. The van der Waals surface area contributed by atoms with Crippen molar-refractivity contribution in [1.29, 1.82) is 0 Å². The van der Waals surface area contributed by atoms with Gasteiger partial charge in [0.2, 0.25) is 0 Å². The molecule has 7 nitrogen and oxygen atoms in total. The van der Waals surface area contributed by atoms with Gasteiger partial charge in [-0.2, -0.15) is 0 Å². The van der Waals surface area contributed by atoms with Crippen LogP contribution in [0.1, 0.15) is 19.5 Å². The number of hydrogen-bond acceptors (Lipinski definition) is 8. The molecule has 156 valence electrons. The Labute approximate surface area is 183 Å². The summed E-state index contributed by atoms with van der Waals surface area (Å²) in [6, 6.07) is 9.63. The van der Waals surface area contributed by atoms with Crippen molar-refractivity contribution in [1.82, 2.24) is 19.7 Å². The van der Waals surface area contributed by atoms with Gasteiger partial charge < -0.3 is 13.9 Å². The second kappa shape index (κ2) is 9.36. The Morgan fingerprint density at radius 1 is 1.17 bits per heavy atom. The largest absolute Gasteiger partial charge is 0.493 e. The second-order valence-corrected chi connectivity index (χ2v) is 8.06. The summed E-state index contributed by atoms with van der Waals surface area (Å²) in [7, 11) is 1.65. The molecule has 30 heavy (non-hydrogen) atoms. The molecule has 0 aliphatic rings. The molecular formula is C21H22N4O3S2. The molecule has 0 unspecified atom stereocenters. The average Bonchev–Trinajstić information content (AvgIpc) is 3.52. The number of aromatic nitrogens is 4. The monoisotopic (exact) mass is 442 g/mol. The highest BCUT2D eigenvalue weighted by Crippen LogP contribution is 2.35. The van der Waals surface area contributed by atoms with Crippen molar-refractivity contribution in [3.63, 3.8) is 0 Å². The second-order valence-electron chi connectivity index (χ2n) is 6.26. The SMILES string of the molecule is CCOc1ccc(-c2nc(CSc3nnc(-c4ccco4)n3CC)cs2)cc1OC. The van der Waals surface area contributed by atoms with Crippen LogP contribution in [0.5, 0.6) is 11.5 Å². The third kappa shape index (κ3) is 4.22. The Morgan fingerprint density at radius 3 is 2.80 bits per heavy atom. The van der Waals surface area contributed by atoms with Crippen LogP contribution in [-0.2, 0) is 12.3 Å². The highest BCUT2D eigenvalue weighted by atomic mass is 32.2. The molecule has 0 N–H and O–H groups in total. The maximum atomic E-state index is 5.59. The quantitative estimate of drug-likeness (QED) is 0.322. The van der Waals surface area contributed by atoms with Crippen LogP contribution in [0.3, 0.4) is 0 Å². The topological polar surface area (TPSA) is 75.2 Å². The third-order valence-electron chi connectivity index (χ3n) is 4.39. The van der Waals surface area contributed by atoms with Gasteiger partial charge >= 0.3 is 0 Å². The lowest BCUT2D eigenvalue weighted by molar-refractivity contribution is 0.311. The van der Waals surface area contributed by atoms with Crippen LogP contribution < -0.4 is 9.47 Å². The number of benzene rings is 1. The van der Waals surface area contributed by atoms with E-state index in [9.17, 15) is 0 Å². The minimum atomic E-state index is 0.596. The third-order valence-corrected chi connectivity index (χ3v) is 6.33. The summed E-state index contributed by atoms with van der Waals surface area (Å²) in [6.45, 7) is 5.38. The van der Waals surface area contributed by atoms with Gasteiger partial charge in [-0.05, 0) is 44.2 Å². The smallest absolute Gasteiger partial charge is 0.200 e. The first kappa shape index (κ1) is 20.5. The highest BCUT2D eigenvalue weighted by molar-refractivity contribution is 7.98. The van der Waals surface area contributed by atoms with E-state index < -0.39 is 0 Å². The zero-order valence-electron chi connectivity index (χ0n) is 17.0. The fourth-order valence-corrected chi connectivity index (χ4v) is 4.81. The van der Waals surface area contributed by atoms with Crippen LogP contribution in [0.25, 0.3) is 22.2 Å². The van der Waals surface area contributed by atoms with Crippen LogP contribution in [-0.4, -0.2) is 33.5 Å². The summed E-state index contributed by atoms with van der Waals surface area (Å²) in [4.78, 5) is 4.78. The Morgan fingerprint density at radius 2 is 2.07 bits per heavy atom. The van der Waals surface area contributed by atoms with Gasteiger partial charge in [0, 0.05) is 23.2 Å². The first-order valence-corrected chi connectivity index (χ1v) is 11.5. The molecule has 3 aromatic heterocycles. The molecule has 0 bridgehead atoms. The molecule has 0 aliphatic carbocycles. The zero-order valence-corrected chi connectivity index (χ0v) is 18.6. The molecule has 0 saturated carbocycles. The van der Waals surface area contributed by atoms with Crippen molar-refractivity contribution >= 4 is 23.1 Å². The highest BCUT2D eigenvalue weighted by Gasteiger charge is 2.16. The molecule has 4 aromatic rings. The summed E-state index contributed by atoms with van der Waals surface area (Å²) in [5.74, 6) is 3.62. The lowest BCUT2D eigenvalue weighted by Gasteiger charge is -2.09. The van der Waals surface area contributed by atoms with Gasteiger partial charge in [0.05, 0.1) is 25.7 Å². The zero-order chi connectivity index (χ0) is 20.9. The molecular weight excluding hydrogens is 420 g/mol. The number of hydrogen-bond donors (Lipinski definition) is 0. The summed E-state index contributed by atoms with van der Waals surface area (Å²) >= 11 is 3.23. The summed E-state index contributed by atoms with van der Waals surface area (Å²) in [5, 5.41) is 12.5. The van der Waals surface area contributed by atoms with Crippen LogP contribution in [0, 0.1) is 0 Å². The number of rotatable bonds is 9. The van der Waals surface area contributed by atoms with Crippen molar-refractivity contribution in [3.05, 3.63) is 47.7 Å². The van der Waals surface area contributed by atoms with Gasteiger partial charge in [-0.25, -0.2) is 4.98 Å². The van der Waals surface area contributed by atoms with E-state index in [0.717, 1.165) is 45.3 Å². The number of thiazole rings is 1. The molecule has 9 heteroatoms. The van der Waals surface area contributed by atoms with E-state index in [4.69, 9.17) is 18.9 Å². The minimum absolute atomic E-state index is 0.596. The number of nitrogens with zero attached hydrogens (tertiary/aromatic N) is 4. The predicted octanol–water partition coefficient (Wildman–Crippen LogP) is 5.38. The maximum Gasteiger partial charge on any atom is 0.200 e. The fourth-order valence-electron chi connectivity index (χ4n) is 2.99. The van der Waals surface area contributed by atoms with Gasteiger partial charge in [-0.3, -0.25) is 4.57 Å². The molecule has 0 amide bonds. The van der Waals surface area contributed by atoms with E-state index in [-0.39, 0.29) is 0 Å². The Balaban J connectivity index is 1.48. The first-order valence-electron chi connectivity index (χ1n) is 9.59. The number of methoxy groups -OCH3 is 1. The molecule has 3 heterocycles. The van der Waals surface area contributed by atoms with Crippen molar-refractivity contribution in [2.45, 2.75) is 31.3 Å². The maximum absolute atomic E-state index is 5.59. The van der Waals surface area contributed by atoms with Crippen molar-refractivity contribution in [3.8, 4) is 33.7 Å². The fraction of sp³-hybridized carbons (Fsp3) is 0.286. The van der Waals surface area contributed by atoms with Gasteiger partial charge in [0.1, 0.15) is 5.01 Å². The van der Waals surface area contributed by atoms with Crippen molar-refractivity contribution in [2.24, 2.45) is 0 Å². The molecule has 0 fully saturated rings. The van der Waals surface area contributed by atoms with E-state index in [1.54, 1.807) is 36.5 Å². The Hall–Kier alpha value is -2.78. The van der Waals surface area contributed by atoms with Gasteiger partial charge in [0.25, 0.3) is 0 Å². The van der Waals surface area contributed by atoms with Gasteiger partial charge in [-0.1, -0.05) is 11.8 Å². The van der Waals surface area contributed by atoms with Crippen molar-refractivity contribution < 1.29 is 13.9 Å². The van der Waals surface area contributed by atoms with Gasteiger partial charge in [0.15, 0.2) is 28.2 Å². The van der Waals surface area contributed by atoms with E-state index >= 15 is 0 Å². The standard InChI is InChI=1S/C21H22N4O3S2/c1-4-25-19(17-7-6-10-28-17)23-24-21(25)30-13-15-12-29-20(22-15)14-8-9-16(27-5-2)18(11-14)26-3/h6-12H,4-5,13H2,1-3H3. The van der Waals surface area contributed by atoms with Crippen LogP contribution >= 0.6 is 23.1 Å². The number of ether oxygens (including phenoxy) is 2. The summed E-state index contributed by atoms with van der Waals surface area (Å²) in [5.41, 5.74) is 2.01. The Kier molecular flexibility index (Phi) is 6.39. The van der Waals surface area contributed by atoms with Gasteiger partial charge in [-0.15, -0.1) is 21.5 Å². The van der Waals surface area contributed by atoms with Crippen LogP contribution in [0.15, 0.2) is 51.5 Å². The molecule has 0 radical (unpaired) electrons. The Bertz CT molecular complexity index is 1110. The number of furan rings is 1. The summed E-state index contributed by atoms with van der Waals surface area (Å²) < 4.78 is 18.6. The average molecular weight is 443 g/mol. The molecule has 0 spiro atoms. The normalized spacial score (nSPS) is 11.0. The predicted molar refractivity (Wildman–Crippen MR) is 118 cm³/mol. The molecule has 1 aromatic carbocycles. The lowest BCUT2D eigenvalue weighted by atomic mass is 10.2. The molecule has 0 atom stereocenters. The minimum Gasteiger partial charge on any atom is -0.493 e. The summed E-state index contributed by atoms with van der Waals surface area (Å²) in [6.07, 6.45) is 1.64. The molecule has 0 saturated heterocycles.